The van der Waals surface area contributed by atoms with E-state index in [4.69, 9.17) is 5.73 Å². The third kappa shape index (κ3) is 2.02. The Morgan fingerprint density at radius 2 is 2.20 bits per heavy atom. The number of hydrogen-bond acceptors (Lipinski definition) is 2. The Hall–Kier alpha value is -1.35. The van der Waals surface area contributed by atoms with Crippen LogP contribution in [0.5, 0.6) is 0 Å². The fourth-order valence-electron chi connectivity index (χ4n) is 2.08. The molecule has 0 fully saturated rings. The molecule has 1 aliphatic rings. The van der Waals surface area contributed by atoms with Gasteiger partial charge < -0.3 is 11.1 Å². The number of nitrogens with one attached hydrogen (secondary N) is 1. The van der Waals surface area contributed by atoms with Crippen LogP contribution in [0.4, 0.5) is 5.69 Å². The van der Waals surface area contributed by atoms with Crippen molar-refractivity contribution in [1.82, 2.24) is 0 Å². The van der Waals surface area contributed by atoms with Crippen LogP contribution in [0.2, 0.25) is 0 Å². The SMILES string of the molecule is Cc1cc(CCN)cc2c1NC(=O)CC2. The maximum Gasteiger partial charge on any atom is 0.224 e. The second-order valence-corrected chi connectivity index (χ2v) is 4.03. The highest BCUT2D eigenvalue weighted by Gasteiger charge is 2.16. The molecule has 1 aromatic rings. The number of rotatable bonds is 2. The van der Waals surface area contributed by atoms with Gasteiger partial charge in [-0.1, -0.05) is 12.1 Å². The van der Waals surface area contributed by atoms with E-state index in [-0.39, 0.29) is 5.91 Å². The number of fused-ring (bicyclic) bond motifs is 1. The highest BCUT2D eigenvalue weighted by atomic mass is 16.1. The predicted molar refractivity (Wildman–Crippen MR) is 60.9 cm³/mol. The molecule has 2 rings (SSSR count). The Bertz CT molecular complexity index is 399. The van der Waals surface area contributed by atoms with E-state index >= 15 is 0 Å². The summed E-state index contributed by atoms with van der Waals surface area (Å²) in [5, 5.41) is 2.93. The van der Waals surface area contributed by atoms with Crippen molar-refractivity contribution in [1.29, 1.82) is 0 Å². The van der Waals surface area contributed by atoms with Gasteiger partial charge in [-0.15, -0.1) is 0 Å². The van der Waals surface area contributed by atoms with Gasteiger partial charge in [0.1, 0.15) is 0 Å². The van der Waals surface area contributed by atoms with E-state index < -0.39 is 0 Å². The zero-order valence-electron chi connectivity index (χ0n) is 8.97. The first-order chi connectivity index (χ1) is 7.20. The molecule has 1 heterocycles. The van der Waals surface area contributed by atoms with Gasteiger partial charge in [-0.05, 0) is 43.0 Å². The fourth-order valence-corrected chi connectivity index (χ4v) is 2.08. The van der Waals surface area contributed by atoms with E-state index in [1.165, 1.54) is 11.1 Å². The van der Waals surface area contributed by atoms with Crippen LogP contribution in [0, 0.1) is 6.92 Å². The molecule has 1 amide bonds. The fraction of sp³-hybridized carbons (Fsp3) is 0.417. The van der Waals surface area contributed by atoms with Crippen LogP contribution in [0.3, 0.4) is 0 Å². The second-order valence-electron chi connectivity index (χ2n) is 4.03. The number of benzene rings is 1. The normalized spacial score (nSPS) is 14.7. The van der Waals surface area contributed by atoms with Crippen LogP contribution in [0.15, 0.2) is 12.1 Å². The first kappa shape index (κ1) is 10.2. The van der Waals surface area contributed by atoms with Gasteiger partial charge in [0.25, 0.3) is 0 Å². The third-order valence-corrected chi connectivity index (χ3v) is 2.80. The zero-order chi connectivity index (χ0) is 10.8. The molecule has 80 valence electrons. The molecule has 0 radical (unpaired) electrons. The molecule has 3 nitrogen and oxygen atoms in total. The summed E-state index contributed by atoms with van der Waals surface area (Å²) in [4.78, 5) is 11.3. The molecular formula is C12H16N2O. The maximum absolute atomic E-state index is 11.3. The molecular weight excluding hydrogens is 188 g/mol. The highest BCUT2D eigenvalue weighted by molar-refractivity contribution is 5.94. The molecule has 0 aliphatic carbocycles. The van der Waals surface area contributed by atoms with Gasteiger partial charge >= 0.3 is 0 Å². The minimum atomic E-state index is 0.122. The van der Waals surface area contributed by atoms with Gasteiger partial charge in [0.15, 0.2) is 0 Å². The molecule has 0 saturated carbocycles. The number of amides is 1. The smallest absolute Gasteiger partial charge is 0.224 e. The summed E-state index contributed by atoms with van der Waals surface area (Å²) in [7, 11) is 0. The molecule has 3 heteroatoms. The summed E-state index contributed by atoms with van der Waals surface area (Å²) in [5.74, 6) is 0.122. The summed E-state index contributed by atoms with van der Waals surface area (Å²) >= 11 is 0. The molecule has 0 unspecified atom stereocenters. The van der Waals surface area contributed by atoms with E-state index in [9.17, 15) is 4.79 Å². The van der Waals surface area contributed by atoms with Crippen molar-refractivity contribution in [3.05, 3.63) is 28.8 Å². The van der Waals surface area contributed by atoms with Crippen molar-refractivity contribution in [3.8, 4) is 0 Å². The Kier molecular flexibility index (Phi) is 2.73. The lowest BCUT2D eigenvalue weighted by atomic mass is 9.95. The minimum Gasteiger partial charge on any atom is -0.330 e. The van der Waals surface area contributed by atoms with Crippen LogP contribution in [-0.2, 0) is 17.6 Å². The zero-order valence-corrected chi connectivity index (χ0v) is 8.97. The average molecular weight is 204 g/mol. The molecule has 0 bridgehead atoms. The lowest BCUT2D eigenvalue weighted by Gasteiger charge is -2.20. The van der Waals surface area contributed by atoms with Gasteiger partial charge in [0.05, 0.1) is 0 Å². The lowest BCUT2D eigenvalue weighted by Crippen LogP contribution is -2.20. The molecule has 3 N–H and O–H groups in total. The third-order valence-electron chi connectivity index (χ3n) is 2.80. The monoisotopic (exact) mass is 204 g/mol. The highest BCUT2D eigenvalue weighted by Crippen LogP contribution is 2.27. The van der Waals surface area contributed by atoms with E-state index in [2.05, 4.69) is 17.4 Å². The number of anilines is 1. The van der Waals surface area contributed by atoms with Crippen molar-refractivity contribution < 1.29 is 4.79 Å². The summed E-state index contributed by atoms with van der Waals surface area (Å²) in [6.45, 7) is 2.70. The second kappa shape index (κ2) is 4.03. The van der Waals surface area contributed by atoms with E-state index in [1.807, 2.05) is 6.92 Å². The number of aryl methyl sites for hydroxylation is 2. The Labute approximate surface area is 89.7 Å². The Morgan fingerprint density at radius 3 is 2.93 bits per heavy atom. The summed E-state index contributed by atoms with van der Waals surface area (Å²) in [6.07, 6.45) is 2.35. The Balaban J connectivity index is 2.38. The average Bonchev–Trinajstić information content (AvgIpc) is 2.20. The summed E-state index contributed by atoms with van der Waals surface area (Å²) in [6, 6.07) is 4.27. The molecule has 0 saturated heterocycles. The quantitative estimate of drug-likeness (QED) is 0.764. The topological polar surface area (TPSA) is 55.1 Å². The minimum absolute atomic E-state index is 0.122. The first-order valence-electron chi connectivity index (χ1n) is 5.33. The van der Waals surface area contributed by atoms with Crippen LogP contribution in [0.25, 0.3) is 0 Å². The molecule has 0 spiro atoms. The number of carbonyl (C=O) groups excluding carboxylic acids is 1. The van der Waals surface area contributed by atoms with Crippen molar-refractivity contribution >= 4 is 11.6 Å². The number of nitrogens with two attached hydrogens (primary N) is 1. The number of carbonyl (C=O) groups is 1. The lowest BCUT2D eigenvalue weighted by molar-refractivity contribution is -0.116. The summed E-state index contributed by atoms with van der Waals surface area (Å²) < 4.78 is 0. The first-order valence-corrected chi connectivity index (χ1v) is 5.33. The van der Waals surface area contributed by atoms with Gasteiger partial charge in [-0.2, -0.15) is 0 Å². The van der Waals surface area contributed by atoms with Crippen molar-refractivity contribution in [2.24, 2.45) is 5.73 Å². The standard InChI is InChI=1S/C12H16N2O/c1-8-6-9(4-5-13)7-10-2-3-11(15)14-12(8)10/h6-7H,2-5,13H2,1H3,(H,14,15). The van der Waals surface area contributed by atoms with Crippen molar-refractivity contribution in [2.45, 2.75) is 26.2 Å². The van der Waals surface area contributed by atoms with Gasteiger partial charge in [-0.3, -0.25) is 4.79 Å². The van der Waals surface area contributed by atoms with Gasteiger partial charge in [0.2, 0.25) is 5.91 Å². The Morgan fingerprint density at radius 1 is 1.40 bits per heavy atom. The van der Waals surface area contributed by atoms with E-state index in [0.29, 0.717) is 13.0 Å². The summed E-state index contributed by atoms with van der Waals surface area (Å²) in [5.41, 5.74) is 10.2. The maximum atomic E-state index is 11.3. The predicted octanol–water partition coefficient (Wildman–Crippen LogP) is 1.38. The number of hydrogen-bond donors (Lipinski definition) is 2. The molecule has 15 heavy (non-hydrogen) atoms. The van der Waals surface area contributed by atoms with E-state index in [1.54, 1.807) is 0 Å². The van der Waals surface area contributed by atoms with Crippen LogP contribution in [0.1, 0.15) is 23.1 Å². The van der Waals surface area contributed by atoms with Crippen molar-refractivity contribution in [2.75, 3.05) is 11.9 Å². The van der Waals surface area contributed by atoms with Crippen molar-refractivity contribution in [3.63, 3.8) is 0 Å². The molecule has 0 atom stereocenters. The molecule has 0 aromatic heterocycles. The van der Waals surface area contributed by atoms with E-state index in [0.717, 1.165) is 24.1 Å². The largest absolute Gasteiger partial charge is 0.330 e. The van der Waals surface area contributed by atoms with Crippen LogP contribution < -0.4 is 11.1 Å². The van der Waals surface area contributed by atoms with Crippen LogP contribution >= 0.6 is 0 Å². The van der Waals surface area contributed by atoms with Gasteiger partial charge in [-0.25, -0.2) is 0 Å². The van der Waals surface area contributed by atoms with Crippen LogP contribution in [-0.4, -0.2) is 12.5 Å². The molecule has 1 aromatic carbocycles. The molecule has 1 aliphatic heterocycles. The van der Waals surface area contributed by atoms with Gasteiger partial charge in [0, 0.05) is 12.1 Å².